The highest BCUT2D eigenvalue weighted by Crippen LogP contribution is 2.38. The summed E-state index contributed by atoms with van der Waals surface area (Å²) in [7, 11) is 0. The molecule has 0 radical (unpaired) electrons. The van der Waals surface area contributed by atoms with Gasteiger partial charge in [-0.1, -0.05) is 0 Å². The van der Waals surface area contributed by atoms with Gasteiger partial charge in [-0.15, -0.1) is 0 Å². The lowest BCUT2D eigenvalue weighted by molar-refractivity contribution is 0.315. The highest BCUT2D eigenvalue weighted by molar-refractivity contribution is 4.94. The van der Waals surface area contributed by atoms with Gasteiger partial charge in [0.05, 0.1) is 24.4 Å². The van der Waals surface area contributed by atoms with Crippen molar-refractivity contribution in [3.63, 3.8) is 0 Å². The van der Waals surface area contributed by atoms with Gasteiger partial charge in [0, 0.05) is 0 Å². The van der Waals surface area contributed by atoms with Crippen molar-refractivity contribution in [1.29, 1.82) is 0 Å². The van der Waals surface area contributed by atoms with Crippen molar-refractivity contribution in [1.82, 2.24) is 0 Å². The largest absolute Gasteiger partial charge is 0.373 e. The lowest BCUT2D eigenvalue weighted by Crippen LogP contribution is -2.02. The molecule has 0 aromatic rings. The Labute approximate surface area is 67.9 Å². The molecule has 2 unspecified atom stereocenters. The maximum Gasteiger partial charge on any atom is 0.0892 e. The quantitative estimate of drug-likeness (QED) is 0.579. The summed E-state index contributed by atoms with van der Waals surface area (Å²) in [4.78, 5) is 0. The molecule has 11 heavy (non-hydrogen) atoms. The molecule has 0 saturated carbocycles. The van der Waals surface area contributed by atoms with Crippen LogP contribution in [0.3, 0.4) is 0 Å². The fourth-order valence-corrected chi connectivity index (χ4v) is 1.50. The number of hydrogen-bond donors (Lipinski definition) is 0. The zero-order valence-corrected chi connectivity index (χ0v) is 7.30. The molecule has 2 aliphatic rings. The van der Waals surface area contributed by atoms with E-state index >= 15 is 0 Å². The molecule has 2 atom stereocenters. The lowest BCUT2D eigenvalue weighted by atomic mass is 10.0. The molecule has 0 bridgehead atoms. The normalized spacial score (nSPS) is 38.7. The summed E-state index contributed by atoms with van der Waals surface area (Å²) in [5.41, 5.74) is 0.185. The molecule has 2 saturated heterocycles. The first kappa shape index (κ1) is 7.56. The molecule has 0 N–H and O–H groups in total. The van der Waals surface area contributed by atoms with Crippen LogP contribution >= 0.6 is 0 Å². The summed E-state index contributed by atoms with van der Waals surface area (Å²) in [5.74, 6) is 0. The van der Waals surface area contributed by atoms with Gasteiger partial charge < -0.3 is 9.47 Å². The van der Waals surface area contributed by atoms with Crippen LogP contribution in [0.5, 0.6) is 0 Å². The molecule has 0 aromatic carbocycles. The monoisotopic (exact) mass is 156 g/mol. The Hall–Kier alpha value is -0.0800. The predicted molar refractivity (Wildman–Crippen MR) is 42.5 cm³/mol. The molecule has 0 aromatic heterocycles. The van der Waals surface area contributed by atoms with Crippen molar-refractivity contribution in [2.45, 2.75) is 50.9 Å². The van der Waals surface area contributed by atoms with Gasteiger partial charge in [-0.3, -0.25) is 0 Å². The second-order valence-electron chi connectivity index (χ2n) is 4.10. The van der Waals surface area contributed by atoms with E-state index in [1.165, 1.54) is 19.3 Å². The average molecular weight is 156 g/mol. The standard InChI is InChI=1S/C9H16O2/c1-9(2)8(11-9)5-3-4-7-6-10-7/h7-8H,3-6H2,1-2H3. The van der Waals surface area contributed by atoms with Crippen LogP contribution in [-0.4, -0.2) is 24.4 Å². The first-order chi connectivity index (χ1) is 5.18. The van der Waals surface area contributed by atoms with Gasteiger partial charge in [0.25, 0.3) is 0 Å². The van der Waals surface area contributed by atoms with Crippen molar-refractivity contribution in [2.75, 3.05) is 6.61 Å². The Morgan fingerprint density at radius 1 is 1.36 bits per heavy atom. The van der Waals surface area contributed by atoms with Crippen LogP contribution in [0, 0.1) is 0 Å². The molecular formula is C9H16O2. The maximum atomic E-state index is 5.47. The second-order valence-corrected chi connectivity index (χ2v) is 4.10. The van der Waals surface area contributed by atoms with Gasteiger partial charge in [0.2, 0.25) is 0 Å². The molecule has 2 nitrogen and oxygen atoms in total. The Morgan fingerprint density at radius 2 is 2.00 bits per heavy atom. The third kappa shape index (κ3) is 1.94. The summed E-state index contributed by atoms with van der Waals surface area (Å²) >= 11 is 0. The minimum Gasteiger partial charge on any atom is -0.373 e. The Morgan fingerprint density at radius 3 is 2.45 bits per heavy atom. The van der Waals surface area contributed by atoms with Gasteiger partial charge in [-0.25, -0.2) is 0 Å². The Bertz CT molecular complexity index is 150. The van der Waals surface area contributed by atoms with Crippen molar-refractivity contribution < 1.29 is 9.47 Å². The molecular weight excluding hydrogens is 140 g/mol. The van der Waals surface area contributed by atoms with Crippen LogP contribution < -0.4 is 0 Å². The highest BCUT2D eigenvalue weighted by atomic mass is 16.6. The second kappa shape index (κ2) is 2.46. The van der Waals surface area contributed by atoms with Crippen molar-refractivity contribution in [2.24, 2.45) is 0 Å². The SMILES string of the molecule is CC1(C)OC1CCCC1CO1. The number of epoxide rings is 2. The van der Waals surface area contributed by atoms with E-state index in [-0.39, 0.29) is 5.60 Å². The van der Waals surface area contributed by atoms with Crippen LogP contribution in [0.1, 0.15) is 33.1 Å². The van der Waals surface area contributed by atoms with Crippen LogP contribution in [0.15, 0.2) is 0 Å². The number of rotatable bonds is 4. The maximum absolute atomic E-state index is 5.47. The molecule has 0 spiro atoms. The van der Waals surface area contributed by atoms with E-state index in [9.17, 15) is 0 Å². The van der Waals surface area contributed by atoms with Crippen LogP contribution in [0.2, 0.25) is 0 Å². The fourth-order valence-electron chi connectivity index (χ4n) is 1.50. The first-order valence-corrected chi connectivity index (χ1v) is 4.48. The van der Waals surface area contributed by atoms with E-state index < -0.39 is 0 Å². The highest BCUT2D eigenvalue weighted by Gasteiger charge is 2.46. The van der Waals surface area contributed by atoms with E-state index in [1.54, 1.807) is 0 Å². The van der Waals surface area contributed by atoms with Gasteiger partial charge in [0.1, 0.15) is 0 Å². The summed E-state index contributed by atoms with van der Waals surface area (Å²) in [6.45, 7) is 5.31. The van der Waals surface area contributed by atoms with Crippen molar-refractivity contribution in [3.05, 3.63) is 0 Å². The number of ether oxygens (including phenoxy) is 2. The molecule has 64 valence electrons. The van der Waals surface area contributed by atoms with E-state index in [0.29, 0.717) is 12.2 Å². The van der Waals surface area contributed by atoms with Crippen LogP contribution in [-0.2, 0) is 9.47 Å². The average Bonchev–Trinajstić information content (AvgIpc) is 2.75. The lowest BCUT2D eigenvalue weighted by Gasteiger charge is -1.95. The summed E-state index contributed by atoms with van der Waals surface area (Å²) in [5, 5.41) is 0. The summed E-state index contributed by atoms with van der Waals surface area (Å²) in [6, 6.07) is 0. The summed E-state index contributed by atoms with van der Waals surface area (Å²) in [6.07, 6.45) is 4.83. The zero-order chi connectivity index (χ0) is 7.90. The smallest absolute Gasteiger partial charge is 0.0892 e. The molecule has 2 fully saturated rings. The molecule has 0 aliphatic carbocycles. The van der Waals surface area contributed by atoms with Crippen LogP contribution in [0.25, 0.3) is 0 Å². The zero-order valence-electron chi connectivity index (χ0n) is 7.30. The third-order valence-electron chi connectivity index (χ3n) is 2.56. The van der Waals surface area contributed by atoms with Crippen molar-refractivity contribution in [3.8, 4) is 0 Å². The summed E-state index contributed by atoms with van der Waals surface area (Å²) < 4.78 is 10.6. The Balaban J connectivity index is 1.54. The molecule has 2 heteroatoms. The van der Waals surface area contributed by atoms with Gasteiger partial charge >= 0.3 is 0 Å². The molecule has 2 rings (SSSR count). The molecule has 0 amide bonds. The minimum atomic E-state index is 0.185. The van der Waals surface area contributed by atoms with E-state index in [2.05, 4.69) is 13.8 Å². The topological polar surface area (TPSA) is 25.1 Å². The molecule has 2 aliphatic heterocycles. The Kier molecular flexibility index (Phi) is 1.69. The minimum absolute atomic E-state index is 0.185. The predicted octanol–water partition coefficient (Wildman–Crippen LogP) is 1.73. The first-order valence-electron chi connectivity index (χ1n) is 4.48. The van der Waals surface area contributed by atoms with E-state index in [1.807, 2.05) is 0 Å². The molecule has 2 heterocycles. The van der Waals surface area contributed by atoms with Gasteiger partial charge in [0.15, 0.2) is 0 Å². The van der Waals surface area contributed by atoms with Crippen LogP contribution in [0.4, 0.5) is 0 Å². The van der Waals surface area contributed by atoms with Crippen molar-refractivity contribution >= 4 is 0 Å². The van der Waals surface area contributed by atoms with E-state index in [4.69, 9.17) is 9.47 Å². The third-order valence-corrected chi connectivity index (χ3v) is 2.56. The number of hydrogen-bond acceptors (Lipinski definition) is 2. The van der Waals surface area contributed by atoms with Gasteiger partial charge in [-0.2, -0.15) is 0 Å². The van der Waals surface area contributed by atoms with Gasteiger partial charge in [-0.05, 0) is 33.1 Å². The fraction of sp³-hybridized carbons (Fsp3) is 1.00. The van der Waals surface area contributed by atoms with E-state index in [0.717, 1.165) is 6.61 Å².